The third-order valence-corrected chi connectivity index (χ3v) is 4.51. The standard InChI is InChI=1S/C14H26N2O/c1-11-6-5-9-13(10-15)16(11)14(17)12-7-3-2-4-8-12/h11-13H,2-10,15H2,1H3. The fraction of sp³-hybridized carbons (Fsp3) is 0.929. The Morgan fingerprint density at radius 3 is 2.47 bits per heavy atom. The summed E-state index contributed by atoms with van der Waals surface area (Å²) in [5.41, 5.74) is 5.83. The lowest BCUT2D eigenvalue weighted by atomic mass is 9.86. The van der Waals surface area contributed by atoms with Crippen LogP contribution in [0.3, 0.4) is 0 Å². The molecule has 2 aliphatic rings. The van der Waals surface area contributed by atoms with Gasteiger partial charge in [0.25, 0.3) is 0 Å². The summed E-state index contributed by atoms with van der Waals surface area (Å²) in [5, 5.41) is 0. The highest BCUT2D eigenvalue weighted by molar-refractivity contribution is 5.79. The topological polar surface area (TPSA) is 46.3 Å². The van der Waals surface area contributed by atoms with E-state index in [9.17, 15) is 4.79 Å². The Morgan fingerprint density at radius 1 is 1.12 bits per heavy atom. The van der Waals surface area contributed by atoms with E-state index in [0.717, 1.165) is 25.7 Å². The molecule has 2 fully saturated rings. The summed E-state index contributed by atoms with van der Waals surface area (Å²) in [7, 11) is 0. The summed E-state index contributed by atoms with van der Waals surface area (Å²) in [6, 6.07) is 0.694. The minimum atomic E-state index is 0.290. The number of likely N-dealkylation sites (tertiary alicyclic amines) is 1. The third-order valence-electron chi connectivity index (χ3n) is 4.51. The second-order valence-electron chi connectivity index (χ2n) is 5.75. The second-order valence-corrected chi connectivity index (χ2v) is 5.75. The Bertz CT molecular complexity index is 261. The maximum Gasteiger partial charge on any atom is 0.226 e. The number of carbonyl (C=O) groups excluding carboxylic acids is 1. The van der Waals surface area contributed by atoms with E-state index in [-0.39, 0.29) is 0 Å². The number of nitrogens with two attached hydrogens (primary N) is 1. The number of piperidine rings is 1. The molecule has 2 N–H and O–H groups in total. The molecule has 1 saturated carbocycles. The Labute approximate surface area is 105 Å². The molecular weight excluding hydrogens is 212 g/mol. The molecule has 0 aromatic carbocycles. The van der Waals surface area contributed by atoms with Crippen LogP contribution in [-0.4, -0.2) is 29.4 Å². The highest BCUT2D eigenvalue weighted by Crippen LogP contribution is 2.30. The summed E-state index contributed by atoms with van der Waals surface area (Å²) in [4.78, 5) is 14.7. The SMILES string of the molecule is CC1CCCC(CN)N1C(=O)C1CCCCC1. The Balaban J connectivity index is 2.03. The minimum Gasteiger partial charge on any atom is -0.336 e. The molecule has 1 heterocycles. The van der Waals surface area contributed by atoms with E-state index in [4.69, 9.17) is 5.73 Å². The summed E-state index contributed by atoms with van der Waals surface area (Å²) < 4.78 is 0. The van der Waals surface area contributed by atoms with Gasteiger partial charge in [0.15, 0.2) is 0 Å². The van der Waals surface area contributed by atoms with Crippen molar-refractivity contribution in [3.05, 3.63) is 0 Å². The van der Waals surface area contributed by atoms with Crippen LogP contribution in [0.1, 0.15) is 58.3 Å². The normalized spacial score (nSPS) is 31.5. The first-order valence-electron chi connectivity index (χ1n) is 7.26. The molecule has 3 nitrogen and oxygen atoms in total. The first-order valence-corrected chi connectivity index (χ1v) is 7.26. The highest BCUT2D eigenvalue weighted by Gasteiger charge is 2.34. The number of hydrogen-bond acceptors (Lipinski definition) is 2. The van der Waals surface area contributed by atoms with E-state index < -0.39 is 0 Å². The molecular formula is C14H26N2O. The lowest BCUT2D eigenvalue weighted by Crippen LogP contribution is -2.53. The molecule has 17 heavy (non-hydrogen) atoms. The Kier molecular flexibility index (Phi) is 4.43. The molecule has 0 radical (unpaired) electrons. The Morgan fingerprint density at radius 2 is 1.82 bits per heavy atom. The number of amides is 1. The number of rotatable bonds is 2. The van der Waals surface area contributed by atoms with Gasteiger partial charge in [0.05, 0.1) is 0 Å². The number of hydrogen-bond donors (Lipinski definition) is 1. The Hall–Kier alpha value is -0.570. The van der Waals surface area contributed by atoms with Gasteiger partial charge in [0.2, 0.25) is 5.91 Å². The van der Waals surface area contributed by atoms with E-state index >= 15 is 0 Å². The second kappa shape index (κ2) is 5.85. The van der Waals surface area contributed by atoms with E-state index in [2.05, 4.69) is 11.8 Å². The summed E-state index contributed by atoms with van der Waals surface area (Å²) in [6.45, 7) is 2.81. The average Bonchev–Trinajstić information content (AvgIpc) is 2.38. The van der Waals surface area contributed by atoms with Gasteiger partial charge in [-0.1, -0.05) is 19.3 Å². The van der Waals surface area contributed by atoms with Gasteiger partial charge in [-0.3, -0.25) is 4.79 Å². The van der Waals surface area contributed by atoms with Gasteiger partial charge in [-0.2, -0.15) is 0 Å². The highest BCUT2D eigenvalue weighted by atomic mass is 16.2. The van der Waals surface area contributed by atoms with Crippen LogP contribution in [0, 0.1) is 5.92 Å². The van der Waals surface area contributed by atoms with Crippen molar-refractivity contribution < 1.29 is 4.79 Å². The van der Waals surface area contributed by atoms with Gasteiger partial charge in [0, 0.05) is 24.5 Å². The van der Waals surface area contributed by atoms with Crippen LogP contribution in [-0.2, 0) is 4.79 Å². The summed E-state index contributed by atoms with van der Waals surface area (Å²) in [6.07, 6.45) is 9.42. The van der Waals surface area contributed by atoms with Gasteiger partial charge in [0.1, 0.15) is 0 Å². The van der Waals surface area contributed by atoms with Crippen molar-refractivity contribution in [2.45, 2.75) is 70.4 Å². The van der Waals surface area contributed by atoms with Gasteiger partial charge >= 0.3 is 0 Å². The fourth-order valence-corrected chi connectivity index (χ4v) is 3.48. The van der Waals surface area contributed by atoms with Crippen LogP contribution in [0.5, 0.6) is 0 Å². The zero-order chi connectivity index (χ0) is 12.3. The first kappa shape index (κ1) is 12.9. The maximum atomic E-state index is 12.6. The molecule has 0 aromatic heterocycles. The molecule has 98 valence electrons. The van der Waals surface area contributed by atoms with Gasteiger partial charge in [-0.05, 0) is 39.0 Å². The van der Waals surface area contributed by atoms with E-state index in [1.165, 1.54) is 25.7 Å². The smallest absolute Gasteiger partial charge is 0.226 e. The lowest BCUT2D eigenvalue weighted by Gasteiger charge is -2.42. The summed E-state index contributed by atoms with van der Waals surface area (Å²) in [5.74, 6) is 0.686. The monoisotopic (exact) mass is 238 g/mol. The zero-order valence-electron chi connectivity index (χ0n) is 11.0. The van der Waals surface area contributed by atoms with Crippen molar-refractivity contribution in [1.29, 1.82) is 0 Å². The quantitative estimate of drug-likeness (QED) is 0.802. The molecule has 0 bridgehead atoms. The molecule has 1 aliphatic heterocycles. The minimum absolute atomic E-state index is 0.290. The van der Waals surface area contributed by atoms with Crippen molar-refractivity contribution in [2.75, 3.05) is 6.54 Å². The molecule has 1 saturated heterocycles. The van der Waals surface area contributed by atoms with E-state index in [1.807, 2.05) is 0 Å². The number of carbonyl (C=O) groups is 1. The molecule has 0 aromatic rings. The largest absolute Gasteiger partial charge is 0.336 e. The first-order chi connectivity index (χ1) is 8.24. The summed E-state index contributed by atoms with van der Waals surface area (Å²) >= 11 is 0. The number of nitrogens with zero attached hydrogens (tertiary/aromatic N) is 1. The van der Waals surface area contributed by atoms with Crippen molar-refractivity contribution in [1.82, 2.24) is 4.90 Å². The van der Waals surface area contributed by atoms with Crippen molar-refractivity contribution >= 4 is 5.91 Å². The van der Waals surface area contributed by atoms with Crippen molar-refractivity contribution in [3.63, 3.8) is 0 Å². The third kappa shape index (κ3) is 2.82. The van der Waals surface area contributed by atoms with Gasteiger partial charge in [-0.25, -0.2) is 0 Å². The van der Waals surface area contributed by atoms with Crippen LogP contribution in [0.15, 0.2) is 0 Å². The predicted molar refractivity (Wildman–Crippen MR) is 69.6 cm³/mol. The molecule has 0 spiro atoms. The molecule has 1 amide bonds. The van der Waals surface area contributed by atoms with Crippen LogP contribution in [0.2, 0.25) is 0 Å². The predicted octanol–water partition coefficient (Wildman–Crippen LogP) is 2.29. The van der Waals surface area contributed by atoms with E-state index in [0.29, 0.717) is 30.5 Å². The van der Waals surface area contributed by atoms with Crippen LogP contribution in [0.25, 0.3) is 0 Å². The van der Waals surface area contributed by atoms with Gasteiger partial charge in [-0.15, -0.1) is 0 Å². The van der Waals surface area contributed by atoms with Crippen LogP contribution in [0.4, 0.5) is 0 Å². The maximum absolute atomic E-state index is 12.6. The molecule has 1 aliphatic carbocycles. The fourth-order valence-electron chi connectivity index (χ4n) is 3.48. The van der Waals surface area contributed by atoms with E-state index in [1.54, 1.807) is 0 Å². The molecule has 3 heteroatoms. The lowest BCUT2D eigenvalue weighted by molar-refractivity contribution is -0.143. The van der Waals surface area contributed by atoms with Crippen molar-refractivity contribution in [3.8, 4) is 0 Å². The molecule has 2 rings (SSSR count). The van der Waals surface area contributed by atoms with Crippen LogP contribution >= 0.6 is 0 Å². The van der Waals surface area contributed by atoms with Crippen LogP contribution < -0.4 is 5.73 Å². The van der Waals surface area contributed by atoms with Crippen molar-refractivity contribution in [2.24, 2.45) is 11.7 Å². The molecule has 2 atom stereocenters. The molecule has 2 unspecified atom stereocenters. The average molecular weight is 238 g/mol. The van der Waals surface area contributed by atoms with Gasteiger partial charge < -0.3 is 10.6 Å². The zero-order valence-corrected chi connectivity index (χ0v) is 11.0.